The lowest BCUT2D eigenvalue weighted by Crippen LogP contribution is -1.96. The Hall–Kier alpha value is -3.12. The molecule has 0 N–H and O–H groups in total. The van der Waals surface area contributed by atoms with E-state index in [4.69, 9.17) is 0 Å². The van der Waals surface area contributed by atoms with Crippen LogP contribution in [0.2, 0.25) is 0 Å². The van der Waals surface area contributed by atoms with Gasteiger partial charge in [0.2, 0.25) is 0 Å². The van der Waals surface area contributed by atoms with E-state index in [0.29, 0.717) is 0 Å². The molecule has 36 heavy (non-hydrogen) atoms. The molecule has 194 valence electrons. The Balaban J connectivity index is 0.000000891. The third-order valence-corrected chi connectivity index (χ3v) is 4.87. The van der Waals surface area contributed by atoms with E-state index in [1.807, 2.05) is 55.4 Å². The minimum absolute atomic E-state index is 0.833. The molecule has 4 aromatic carbocycles. The first-order chi connectivity index (χ1) is 17.7. The topological polar surface area (TPSA) is 0 Å². The number of hydrogen-bond acceptors (Lipinski definition) is 0. The largest absolute Gasteiger partial charge is 0.0683 e. The zero-order chi connectivity index (χ0) is 27.5. The van der Waals surface area contributed by atoms with Gasteiger partial charge in [-0.05, 0) is 50.4 Å². The molecule has 1 aliphatic rings. The molecule has 0 aliphatic heterocycles. The van der Waals surface area contributed by atoms with Crippen LogP contribution in [0.1, 0.15) is 76.2 Å². The van der Waals surface area contributed by atoms with Gasteiger partial charge in [-0.25, -0.2) is 0 Å². The van der Waals surface area contributed by atoms with Gasteiger partial charge in [-0.3, -0.25) is 0 Å². The van der Waals surface area contributed by atoms with Crippen LogP contribution in [0.25, 0.3) is 44.5 Å². The molecular formula is C36H50. The lowest BCUT2D eigenvalue weighted by Gasteiger charge is -2.22. The van der Waals surface area contributed by atoms with Gasteiger partial charge < -0.3 is 0 Å². The number of rotatable bonds is 0. The fourth-order valence-electron chi connectivity index (χ4n) is 3.81. The molecule has 0 unspecified atom stereocenters. The molecule has 0 aromatic heterocycles. The lowest BCUT2D eigenvalue weighted by atomic mass is 9.81. The van der Waals surface area contributed by atoms with E-state index in [-0.39, 0.29) is 0 Å². The first-order valence-electron chi connectivity index (χ1n) is 14.0. The van der Waals surface area contributed by atoms with E-state index in [1.54, 1.807) is 0 Å². The van der Waals surface area contributed by atoms with E-state index >= 15 is 0 Å². The maximum atomic E-state index is 2.24. The van der Waals surface area contributed by atoms with Gasteiger partial charge in [0.05, 0.1) is 0 Å². The Kier molecular flexibility index (Phi) is 17.5. The van der Waals surface area contributed by atoms with Crippen molar-refractivity contribution in [1.29, 1.82) is 0 Å². The monoisotopic (exact) mass is 482 g/mol. The molecule has 5 rings (SSSR count). The zero-order valence-corrected chi connectivity index (χ0v) is 24.8. The molecule has 0 atom stereocenters. The van der Waals surface area contributed by atoms with Gasteiger partial charge in [0.1, 0.15) is 0 Å². The average Bonchev–Trinajstić information content (AvgIpc) is 2.96. The SMILES string of the molecule is CC.CC.CC.CC.CC(C)C.c1ccc2c(c1)-c1ccccc1-c1ccccc1-c1ccccc1-2. The molecular weight excluding hydrogens is 432 g/mol. The summed E-state index contributed by atoms with van der Waals surface area (Å²) in [4.78, 5) is 0. The Bertz CT molecular complexity index is 812. The first-order valence-corrected chi connectivity index (χ1v) is 14.0. The molecule has 0 saturated carbocycles. The normalized spacial score (nSPS) is 9.22. The average molecular weight is 483 g/mol. The van der Waals surface area contributed by atoms with Crippen LogP contribution in [0.15, 0.2) is 97.1 Å². The molecule has 0 spiro atoms. The molecule has 0 radical (unpaired) electrons. The number of fused-ring (bicyclic) bond motifs is 8. The predicted molar refractivity (Wildman–Crippen MR) is 168 cm³/mol. The van der Waals surface area contributed by atoms with Gasteiger partial charge in [0.15, 0.2) is 0 Å². The highest BCUT2D eigenvalue weighted by Crippen LogP contribution is 2.47. The summed E-state index contributed by atoms with van der Waals surface area (Å²) < 4.78 is 0. The van der Waals surface area contributed by atoms with Crippen LogP contribution < -0.4 is 0 Å². The zero-order valence-electron chi connectivity index (χ0n) is 24.8. The van der Waals surface area contributed by atoms with Crippen molar-refractivity contribution < 1.29 is 0 Å². The third-order valence-electron chi connectivity index (χ3n) is 4.87. The molecule has 1 aliphatic carbocycles. The van der Waals surface area contributed by atoms with Crippen molar-refractivity contribution in [1.82, 2.24) is 0 Å². The highest BCUT2D eigenvalue weighted by Gasteiger charge is 2.20. The summed E-state index contributed by atoms with van der Waals surface area (Å²) in [5.41, 5.74) is 10.4. The van der Waals surface area contributed by atoms with E-state index in [1.165, 1.54) is 44.5 Å². The second-order valence-corrected chi connectivity index (χ2v) is 7.91. The van der Waals surface area contributed by atoms with Crippen molar-refractivity contribution >= 4 is 0 Å². The molecule has 0 fully saturated rings. The van der Waals surface area contributed by atoms with Gasteiger partial charge in [-0.2, -0.15) is 0 Å². The van der Waals surface area contributed by atoms with E-state index in [0.717, 1.165) is 5.92 Å². The standard InChI is InChI=1S/C24H16.C4H10.4C2H6/c1-2-10-18-17(9-1)19-11-3-4-13-21(19)23-15-7-8-16-24(23)22-14-6-5-12-20(18)22;1-4(2)3;4*1-2/h1-16H;4H,1-3H3;4*1-2H3. The van der Waals surface area contributed by atoms with Crippen LogP contribution in [0.5, 0.6) is 0 Å². The van der Waals surface area contributed by atoms with Crippen LogP contribution in [0.4, 0.5) is 0 Å². The number of hydrogen-bond donors (Lipinski definition) is 0. The van der Waals surface area contributed by atoms with E-state index in [9.17, 15) is 0 Å². The fourth-order valence-corrected chi connectivity index (χ4v) is 3.81. The van der Waals surface area contributed by atoms with Gasteiger partial charge >= 0.3 is 0 Å². The van der Waals surface area contributed by atoms with Crippen LogP contribution in [0.3, 0.4) is 0 Å². The summed E-state index contributed by atoms with van der Waals surface area (Å²) in [7, 11) is 0. The van der Waals surface area contributed by atoms with Crippen LogP contribution >= 0.6 is 0 Å². The second-order valence-electron chi connectivity index (χ2n) is 7.91. The van der Waals surface area contributed by atoms with E-state index < -0.39 is 0 Å². The Morgan fingerprint density at radius 3 is 0.444 bits per heavy atom. The molecule has 0 amide bonds. The summed E-state index contributed by atoms with van der Waals surface area (Å²) in [6, 6.07) is 34.9. The van der Waals surface area contributed by atoms with Crippen molar-refractivity contribution in [2.75, 3.05) is 0 Å². The minimum Gasteiger partial charge on any atom is -0.0683 e. The third kappa shape index (κ3) is 8.52. The molecule has 4 aromatic rings. The first kappa shape index (κ1) is 32.9. The Morgan fingerprint density at radius 2 is 0.361 bits per heavy atom. The predicted octanol–water partition coefficient (Wildman–Crippen LogP) is 12.4. The summed E-state index contributed by atoms with van der Waals surface area (Å²) in [6.45, 7) is 22.5. The highest BCUT2D eigenvalue weighted by atomic mass is 14.2. The second kappa shape index (κ2) is 19.1. The Labute approximate surface area is 223 Å². The van der Waals surface area contributed by atoms with Crippen molar-refractivity contribution in [3.63, 3.8) is 0 Å². The lowest BCUT2D eigenvalue weighted by molar-refractivity contribution is 0.737. The van der Waals surface area contributed by atoms with Crippen LogP contribution in [0, 0.1) is 5.92 Å². The Morgan fingerprint density at radius 1 is 0.278 bits per heavy atom. The van der Waals surface area contributed by atoms with Crippen LogP contribution in [-0.2, 0) is 0 Å². The van der Waals surface area contributed by atoms with Gasteiger partial charge in [-0.15, -0.1) is 0 Å². The van der Waals surface area contributed by atoms with Crippen molar-refractivity contribution in [2.45, 2.75) is 76.2 Å². The smallest absolute Gasteiger partial charge is 0.00990 e. The maximum Gasteiger partial charge on any atom is -0.00990 e. The minimum atomic E-state index is 0.833. The fraction of sp³-hybridized carbons (Fsp3) is 0.333. The molecule has 0 nitrogen and oxygen atoms in total. The molecule has 0 heteroatoms. The van der Waals surface area contributed by atoms with Crippen LogP contribution in [-0.4, -0.2) is 0 Å². The summed E-state index contributed by atoms with van der Waals surface area (Å²) in [5, 5.41) is 0. The van der Waals surface area contributed by atoms with Crippen molar-refractivity contribution in [2.24, 2.45) is 5.92 Å². The van der Waals surface area contributed by atoms with Gasteiger partial charge in [0.25, 0.3) is 0 Å². The maximum absolute atomic E-state index is 2.24. The van der Waals surface area contributed by atoms with Gasteiger partial charge in [-0.1, -0.05) is 173 Å². The van der Waals surface area contributed by atoms with Gasteiger partial charge in [0, 0.05) is 0 Å². The molecule has 0 saturated heterocycles. The summed E-state index contributed by atoms with van der Waals surface area (Å²) in [5.74, 6) is 0.833. The molecule has 0 heterocycles. The summed E-state index contributed by atoms with van der Waals surface area (Å²) in [6.07, 6.45) is 0. The quantitative estimate of drug-likeness (QED) is 0.206. The highest BCUT2D eigenvalue weighted by molar-refractivity contribution is 6.02. The van der Waals surface area contributed by atoms with Crippen molar-refractivity contribution in [3.05, 3.63) is 97.1 Å². The number of benzene rings is 4. The van der Waals surface area contributed by atoms with E-state index in [2.05, 4.69) is 118 Å². The van der Waals surface area contributed by atoms with Crippen molar-refractivity contribution in [3.8, 4) is 44.5 Å². The molecule has 0 bridgehead atoms. The summed E-state index contributed by atoms with van der Waals surface area (Å²) >= 11 is 0.